The summed E-state index contributed by atoms with van der Waals surface area (Å²) in [5, 5.41) is 17.5. The number of hydrogen-bond acceptors (Lipinski definition) is 6. The van der Waals surface area contributed by atoms with Crippen molar-refractivity contribution in [1.29, 1.82) is 0 Å². The molecule has 0 bridgehead atoms. The number of carbonyl (C=O) groups is 6. The van der Waals surface area contributed by atoms with Crippen LogP contribution in [-0.4, -0.2) is 66.7 Å². The zero-order chi connectivity index (χ0) is 47.0. The van der Waals surface area contributed by atoms with Crippen LogP contribution in [0.25, 0.3) is 0 Å². The standard InChI is InChI=1S/C51H82N6O6.8H2/c1-10-13-16-19-22-25-28-52-49(61)43(31-37(4)5)55-46(58)40-34-41(47(59)56-44(32-38(6)7)50(62)53-29-26-23-20-17-14-11-2)36-42(35-40)48(60)57-45(33-39(8)9)51(63)54-30-27-24-21-18-15-12-3;;;;;;;;/h28,37-45H,1,11-12,14-15,17-18,20-21,23-24,26-27,29-36H2,2-9H3,(H,52,61)(H,53,62)(H,54,63)(H,55,58)(H,56,59)(H,57,60);8*1H/t40?,41-,42+,43-,44-,45-;;;;;;;;/m0......../s1. The fraction of sp³-hybridized carbons (Fsp3) is 0.725. The van der Waals surface area contributed by atoms with Gasteiger partial charge in [0.15, 0.2) is 0 Å². The lowest BCUT2D eigenvalue weighted by molar-refractivity contribution is -0.139. The molecule has 0 spiro atoms. The highest BCUT2D eigenvalue weighted by molar-refractivity contribution is 5.93. The third-order valence-electron chi connectivity index (χ3n) is 11.1. The van der Waals surface area contributed by atoms with Crippen LogP contribution in [0.2, 0.25) is 0 Å². The van der Waals surface area contributed by atoms with E-state index in [0.29, 0.717) is 32.4 Å². The van der Waals surface area contributed by atoms with Crippen LogP contribution in [-0.2, 0) is 28.8 Å². The number of carbonyl (C=O) groups excluding carboxylic acids is 6. The van der Waals surface area contributed by atoms with Gasteiger partial charge in [0.2, 0.25) is 35.4 Å². The Kier molecular flexibility index (Phi) is 30.1. The second-order valence-electron chi connectivity index (χ2n) is 18.5. The first-order chi connectivity index (χ1) is 30.1. The highest BCUT2D eigenvalue weighted by atomic mass is 16.2. The Balaban J connectivity index is -0.000000827. The first kappa shape index (κ1) is 56.3. The van der Waals surface area contributed by atoms with Gasteiger partial charge in [0.1, 0.15) is 18.1 Å². The first-order valence-corrected chi connectivity index (χ1v) is 24.0. The van der Waals surface area contributed by atoms with Crippen molar-refractivity contribution >= 4 is 35.4 Å². The number of unbranched alkanes of at least 4 members (excludes halogenated alkanes) is 10. The lowest BCUT2D eigenvalue weighted by atomic mass is 9.73. The lowest BCUT2D eigenvalue weighted by Gasteiger charge is -2.35. The SMILES string of the molecule is C=C=C=C=C=C=C=CNC(=O)[C@H](CC(C)C)NC(=O)C1C[C@@H](C(=O)N[C@@H](CC(C)C)C(=O)NCCCCCCCC)C[C@@H](C(=O)N[C@@H](CC(C)C)C(=O)NCCCCCCCC)C1.[HH].[HH].[HH].[HH].[HH].[HH].[HH].[HH]. The minimum absolute atomic E-state index is 0. The van der Waals surface area contributed by atoms with E-state index in [1.165, 1.54) is 31.9 Å². The smallest absolute Gasteiger partial charge is 0.246 e. The summed E-state index contributed by atoms with van der Waals surface area (Å²) < 4.78 is 0. The molecule has 6 atom stereocenters. The predicted molar refractivity (Wildman–Crippen MR) is 268 cm³/mol. The van der Waals surface area contributed by atoms with Crippen LogP contribution in [0.15, 0.2) is 47.2 Å². The monoisotopic (exact) mass is 891 g/mol. The Morgan fingerprint density at radius 1 is 0.524 bits per heavy atom. The zero-order valence-electron chi connectivity index (χ0n) is 40.1. The Morgan fingerprint density at radius 2 is 0.873 bits per heavy atom. The summed E-state index contributed by atoms with van der Waals surface area (Å²) in [5.41, 5.74) is 15.1. The molecule has 1 rings (SSSR count). The Bertz CT molecular complexity index is 1640. The topological polar surface area (TPSA) is 175 Å². The number of rotatable bonds is 30. The maximum atomic E-state index is 14.2. The van der Waals surface area contributed by atoms with Gasteiger partial charge in [-0.3, -0.25) is 28.8 Å². The summed E-state index contributed by atoms with van der Waals surface area (Å²) in [7, 11) is 0. The maximum absolute atomic E-state index is 14.2. The van der Waals surface area contributed by atoms with Gasteiger partial charge in [0, 0.05) is 42.3 Å². The van der Waals surface area contributed by atoms with Crippen molar-refractivity contribution in [3.8, 4) is 0 Å². The van der Waals surface area contributed by atoms with Crippen molar-refractivity contribution in [2.45, 2.75) is 189 Å². The summed E-state index contributed by atoms with van der Waals surface area (Å²) in [5.74, 6) is -4.37. The molecule has 1 aliphatic carbocycles. The first-order valence-electron chi connectivity index (χ1n) is 24.0. The van der Waals surface area contributed by atoms with Crippen LogP contribution in [0.1, 0.15) is 182 Å². The molecule has 0 heterocycles. The molecule has 6 amide bonds. The van der Waals surface area contributed by atoms with Gasteiger partial charge in [0.25, 0.3) is 0 Å². The molecule has 63 heavy (non-hydrogen) atoms. The third kappa shape index (κ3) is 25.8. The van der Waals surface area contributed by atoms with Crippen LogP contribution in [0.3, 0.4) is 0 Å². The van der Waals surface area contributed by atoms with Gasteiger partial charge in [-0.1, -0.05) is 125 Å². The number of nitrogens with one attached hydrogen (secondary N) is 6. The van der Waals surface area contributed by atoms with E-state index in [4.69, 9.17) is 0 Å². The van der Waals surface area contributed by atoms with E-state index in [2.05, 4.69) is 86.7 Å². The molecule has 1 fully saturated rings. The molecular formula is C51H98N6O6. The predicted octanol–water partition coefficient (Wildman–Crippen LogP) is 9.72. The van der Waals surface area contributed by atoms with Gasteiger partial charge >= 0.3 is 0 Å². The van der Waals surface area contributed by atoms with E-state index < -0.39 is 59.5 Å². The summed E-state index contributed by atoms with van der Waals surface area (Å²) in [6.45, 7) is 20.6. The van der Waals surface area contributed by atoms with Gasteiger partial charge in [-0.05, 0) is 104 Å². The van der Waals surface area contributed by atoms with Crippen LogP contribution >= 0.6 is 0 Å². The molecule has 0 radical (unpaired) electrons. The summed E-state index contributed by atoms with van der Waals surface area (Å²) >= 11 is 0. The summed E-state index contributed by atoms with van der Waals surface area (Å²) in [4.78, 5) is 82.8. The van der Waals surface area contributed by atoms with Crippen molar-refractivity contribution in [3.63, 3.8) is 0 Å². The van der Waals surface area contributed by atoms with E-state index >= 15 is 0 Å². The van der Waals surface area contributed by atoms with Crippen LogP contribution in [0.5, 0.6) is 0 Å². The molecule has 1 aliphatic rings. The average Bonchev–Trinajstić information content (AvgIpc) is 3.23. The largest absolute Gasteiger partial charge is 0.354 e. The Hall–Kier alpha value is -4.76. The van der Waals surface area contributed by atoms with Crippen molar-refractivity contribution < 1.29 is 40.2 Å². The quantitative estimate of drug-likeness (QED) is 0.0309. The molecule has 0 aromatic carbocycles. The van der Waals surface area contributed by atoms with E-state index in [1.807, 2.05) is 41.5 Å². The molecule has 1 unspecified atom stereocenters. The van der Waals surface area contributed by atoms with Crippen molar-refractivity contribution in [2.24, 2.45) is 35.5 Å². The normalized spacial score (nSPS) is 17.0. The van der Waals surface area contributed by atoms with E-state index in [-0.39, 0.29) is 60.2 Å². The Morgan fingerprint density at radius 3 is 1.24 bits per heavy atom. The molecule has 6 N–H and O–H groups in total. The molecule has 0 saturated heterocycles. The summed E-state index contributed by atoms with van der Waals surface area (Å²) in [6.07, 6.45) is 15.8. The van der Waals surface area contributed by atoms with Crippen molar-refractivity contribution in [3.05, 3.63) is 47.2 Å². The molecular weight excluding hydrogens is 793 g/mol. The molecule has 368 valence electrons. The maximum Gasteiger partial charge on any atom is 0.246 e. The van der Waals surface area contributed by atoms with Gasteiger partial charge in [0.05, 0.1) is 6.20 Å². The van der Waals surface area contributed by atoms with E-state index in [0.717, 1.165) is 51.4 Å². The lowest BCUT2D eigenvalue weighted by Crippen LogP contribution is -2.54. The molecule has 12 nitrogen and oxygen atoms in total. The van der Waals surface area contributed by atoms with Crippen molar-refractivity contribution in [1.82, 2.24) is 31.9 Å². The van der Waals surface area contributed by atoms with Gasteiger partial charge < -0.3 is 31.9 Å². The minimum atomic E-state index is -0.920. The molecule has 1 saturated carbocycles. The number of hydrogen-bond donors (Lipinski definition) is 6. The number of amides is 6. The summed E-state index contributed by atoms with van der Waals surface area (Å²) in [6, 6.07) is -2.49. The van der Waals surface area contributed by atoms with Crippen molar-refractivity contribution in [2.75, 3.05) is 13.1 Å². The average molecular weight is 891 g/mol. The van der Waals surface area contributed by atoms with Gasteiger partial charge in [-0.2, -0.15) is 0 Å². The van der Waals surface area contributed by atoms with Crippen LogP contribution < -0.4 is 31.9 Å². The Labute approximate surface area is 391 Å². The van der Waals surface area contributed by atoms with Gasteiger partial charge in [-0.25, -0.2) is 0 Å². The molecule has 12 heteroatoms. The second-order valence-corrected chi connectivity index (χ2v) is 18.5. The highest BCUT2D eigenvalue weighted by Gasteiger charge is 2.41. The minimum Gasteiger partial charge on any atom is -0.354 e. The second kappa shape index (κ2) is 33.8. The van der Waals surface area contributed by atoms with E-state index in [9.17, 15) is 28.8 Å². The molecule has 0 aliphatic heterocycles. The third-order valence-corrected chi connectivity index (χ3v) is 11.1. The molecule has 0 aromatic heterocycles. The fourth-order valence-electron chi connectivity index (χ4n) is 7.81. The zero-order valence-corrected chi connectivity index (χ0v) is 40.1. The van der Waals surface area contributed by atoms with Crippen LogP contribution in [0.4, 0.5) is 0 Å². The van der Waals surface area contributed by atoms with Gasteiger partial charge in [-0.15, -0.1) is 0 Å². The van der Waals surface area contributed by atoms with Crippen LogP contribution in [0, 0.1) is 35.5 Å². The highest BCUT2D eigenvalue weighted by Crippen LogP contribution is 2.35. The fourth-order valence-corrected chi connectivity index (χ4v) is 7.81. The molecule has 0 aromatic rings. The van der Waals surface area contributed by atoms with E-state index in [1.54, 1.807) is 0 Å².